The van der Waals surface area contributed by atoms with Gasteiger partial charge in [0.2, 0.25) is 0 Å². The van der Waals surface area contributed by atoms with E-state index in [0.717, 1.165) is 24.9 Å². The lowest BCUT2D eigenvalue weighted by atomic mass is 9.81. The highest BCUT2D eigenvalue weighted by Gasteiger charge is 2.32. The van der Waals surface area contributed by atoms with E-state index in [-0.39, 0.29) is 0 Å². The third-order valence-electron chi connectivity index (χ3n) is 6.03. The van der Waals surface area contributed by atoms with Crippen molar-refractivity contribution in [3.63, 3.8) is 0 Å². The monoisotopic (exact) mass is 302 g/mol. The highest BCUT2D eigenvalue weighted by Crippen LogP contribution is 2.30. The summed E-state index contributed by atoms with van der Waals surface area (Å²) in [4.78, 5) is 0. The fraction of sp³-hybridized carbons (Fsp3) is 0.800. The van der Waals surface area contributed by atoms with E-state index < -0.39 is 0 Å². The van der Waals surface area contributed by atoms with Gasteiger partial charge in [0, 0.05) is 24.2 Å². The maximum Gasteiger partial charge on any atom is 0.0267 e. The topological polar surface area (TPSA) is 24.1 Å². The van der Waals surface area contributed by atoms with Gasteiger partial charge < -0.3 is 10.6 Å². The summed E-state index contributed by atoms with van der Waals surface area (Å²) in [6.45, 7) is 8.50. The van der Waals surface area contributed by atoms with E-state index in [9.17, 15) is 0 Å². The van der Waals surface area contributed by atoms with Crippen LogP contribution in [0.25, 0.3) is 0 Å². The molecule has 3 aliphatic rings. The van der Waals surface area contributed by atoms with Crippen molar-refractivity contribution in [2.45, 2.75) is 101 Å². The lowest BCUT2D eigenvalue weighted by molar-refractivity contribution is 0.246. The quantitative estimate of drug-likeness (QED) is 0.800. The molecule has 0 amide bonds. The molecule has 3 saturated carbocycles. The molecule has 3 rings (SSSR count). The zero-order valence-corrected chi connectivity index (χ0v) is 14.2. The summed E-state index contributed by atoms with van der Waals surface area (Å²) in [5.41, 5.74) is 2.55. The fourth-order valence-electron chi connectivity index (χ4n) is 4.60. The average Bonchev–Trinajstić information content (AvgIpc) is 2.54. The summed E-state index contributed by atoms with van der Waals surface area (Å²) in [5, 5.41) is 7.97. The van der Waals surface area contributed by atoms with Crippen molar-refractivity contribution in [3.05, 3.63) is 24.3 Å². The number of rotatable bonds is 4. The summed E-state index contributed by atoms with van der Waals surface area (Å²) < 4.78 is 0. The number of nitrogens with one attached hydrogen (secondary N) is 2. The van der Waals surface area contributed by atoms with E-state index in [1.165, 1.54) is 75.4 Å². The SMILES string of the molecule is C=C1CC(NC2CCCCC2)C(NC2CCCCC2)CC1=C. The van der Waals surface area contributed by atoms with Gasteiger partial charge in [-0.3, -0.25) is 0 Å². The molecule has 2 N–H and O–H groups in total. The van der Waals surface area contributed by atoms with Gasteiger partial charge >= 0.3 is 0 Å². The molecule has 0 aromatic carbocycles. The van der Waals surface area contributed by atoms with Crippen LogP contribution in [0.4, 0.5) is 0 Å². The second-order valence-electron chi connectivity index (χ2n) is 7.83. The molecule has 0 heterocycles. The summed E-state index contributed by atoms with van der Waals surface area (Å²) in [6, 6.07) is 2.58. The first kappa shape index (κ1) is 16.3. The highest BCUT2D eigenvalue weighted by molar-refractivity contribution is 5.31. The molecule has 0 aliphatic heterocycles. The second-order valence-corrected chi connectivity index (χ2v) is 7.83. The highest BCUT2D eigenvalue weighted by atomic mass is 15.1. The molecule has 0 spiro atoms. The molecule has 2 atom stereocenters. The van der Waals surface area contributed by atoms with Crippen molar-refractivity contribution >= 4 is 0 Å². The smallest absolute Gasteiger partial charge is 0.0267 e. The number of hydrogen-bond donors (Lipinski definition) is 2. The third kappa shape index (κ3) is 4.23. The van der Waals surface area contributed by atoms with Gasteiger partial charge in [0.15, 0.2) is 0 Å². The van der Waals surface area contributed by atoms with E-state index in [0.29, 0.717) is 12.1 Å². The molecule has 2 nitrogen and oxygen atoms in total. The Labute approximate surface area is 136 Å². The Hall–Kier alpha value is -0.600. The molecule has 3 fully saturated rings. The first-order chi connectivity index (χ1) is 10.7. The lowest BCUT2D eigenvalue weighted by Gasteiger charge is -2.41. The van der Waals surface area contributed by atoms with E-state index in [2.05, 4.69) is 23.8 Å². The first-order valence-electron chi connectivity index (χ1n) is 9.60. The van der Waals surface area contributed by atoms with Crippen molar-refractivity contribution in [2.75, 3.05) is 0 Å². The molecule has 2 heteroatoms. The van der Waals surface area contributed by atoms with E-state index in [1.54, 1.807) is 0 Å². The molecule has 0 aromatic rings. The molecular formula is C20H34N2. The van der Waals surface area contributed by atoms with Gasteiger partial charge in [-0.2, -0.15) is 0 Å². The van der Waals surface area contributed by atoms with Crippen LogP contribution in [-0.2, 0) is 0 Å². The molecule has 0 bridgehead atoms. The van der Waals surface area contributed by atoms with Crippen molar-refractivity contribution in [2.24, 2.45) is 0 Å². The van der Waals surface area contributed by atoms with Crippen LogP contribution in [0, 0.1) is 0 Å². The Kier molecular flexibility index (Phi) is 5.76. The van der Waals surface area contributed by atoms with Crippen LogP contribution in [0.3, 0.4) is 0 Å². The van der Waals surface area contributed by atoms with Crippen molar-refractivity contribution in [1.82, 2.24) is 10.6 Å². The van der Waals surface area contributed by atoms with Crippen LogP contribution >= 0.6 is 0 Å². The molecule has 0 aromatic heterocycles. The van der Waals surface area contributed by atoms with Crippen molar-refractivity contribution in [1.29, 1.82) is 0 Å². The van der Waals surface area contributed by atoms with Crippen LogP contribution in [0.1, 0.15) is 77.0 Å². The first-order valence-corrected chi connectivity index (χ1v) is 9.60. The molecule has 3 aliphatic carbocycles. The minimum absolute atomic E-state index is 0.558. The maximum absolute atomic E-state index is 4.25. The van der Waals surface area contributed by atoms with Crippen LogP contribution in [0.5, 0.6) is 0 Å². The molecule has 2 unspecified atom stereocenters. The molecule has 22 heavy (non-hydrogen) atoms. The minimum atomic E-state index is 0.558. The van der Waals surface area contributed by atoms with E-state index in [4.69, 9.17) is 0 Å². The normalized spacial score (nSPS) is 32.4. The Balaban J connectivity index is 1.60. The van der Waals surface area contributed by atoms with Gasteiger partial charge in [0.05, 0.1) is 0 Å². The predicted molar refractivity (Wildman–Crippen MR) is 95.1 cm³/mol. The fourth-order valence-corrected chi connectivity index (χ4v) is 4.60. The van der Waals surface area contributed by atoms with Crippen LogP contribution < -0.4 is 10.6 Å². The van der Waals surface area contributed by atoms with Crippen LogP contribution in [-0.4, -0.2) is 24.2 Å². The Morgan fingerprint density at radius 1 is 0.591 bits per heavy atom. The molecule has 0 saturated heterocycles. The van der Waals surface area contributed by atoms with Gasteiger partial charge in [0.25, 0.3) is 0 Å². The summed E-state index contributed by atoms with van der Waals surface area (Å²) in [6.07, 6.45) is 16.1. The van der Waals surface area contributed by atoms with E-state index in [1.807, 2.05) is 0 Å². The van der Waals surface area contributed by atoms with E-state index >= 15 is 0 Å². The van der Waals surface area contributed by atoms with Gasteiger partial charge in [-0.1, -0.05) is 62.8 Å². The van der Waals surface area contributed by atoms with Gasteiger partial charge in [-0.15, -0.1) is 0 Å². The lowest BCUT2D eigenvalue weighted by Crippen LogP contribution is -2.56. The summed E-state index contributed by atoms with van der Waals surface area (Å²) >= 11 is 0. The molecule has 0 radical (unpaired) electrons. The Bertz CT molecular complexity index is 351. The van der Waals surface area contributed by atoms with Crippen molar-refractivity contribution in [3.8, 4) is 0 Å². The summed E-state index contributed by atoms with van der Waals surface area (Å²) in [5.74, 6) is 0. The van der Waals surface area contributed by atoms with Gasteiger partial charge in [-0.25, -0.2) is 0 Å². The summed E-state index contributed by atoms with van der Waals surface area (Å²) in [7, 11) is 0. The Morgan fingerprint density at radius 3 is 1.32 bits per heavy atom. The zero-order valence-electron chi connectivity index (χ0n) is 14.2. The molecular weight excluding hydrogens is 268 g/mol. The maximum atomic E-state index is 4.25. The zero-order chi connectivity index (χ0) is 15.4. The van der Waals surface area contributed by atoms with Gasteiger partial charge in [0.1, 0.15) is 0 Å². The largest absolute Gasteiger partial charge is 0.309 e. The third-order valence-corrected chi connectivity index (χ3v) is 6.03. The van der Waals surface area contributed by atoms with Crippen LogP contribution in [0.2, 0.25) is 0 Å². The van der Waals surface area contributed by atoms with Crippen LogP contribution in [0.15, 0.2) is 24.3 Å². The van der Waals surface area contributed by atoms with Crippen molar-refractivity contribution < 1.29 is 0 Å². The molecule has 124 valence electrons. The second kappa shape index (κ2) is 7.79. The number of hydrogen-bond acceptors (Lipinski definition) is 2. The Morgan fingerprint density at radius 2 is 0.955 bits per heavy atom. The minimum Gasteiger partial charge on any atom is -0.309 e. The average molecular weight is 303 g/mol. The standard InChI is InChI=1S/C20H34N2/c1-15-13-19(21-17-9-5-3-6-10-17)20(14-16(15)2)22-18-11-7-4-8-12-18/h17-22H,1-14H2. The predicted octanol–water partition coefficient (Wildman–Crippen LogP) is 4.47. The van der Waals surface area contributed by atoms with Gasteiger partial charge in [-0.05, 0) is 38.5 Å².